The highest BCUT2D eigenvalue weighted by molar-refractivity contribution is 9.10. The lowest BCUT2D eigenvalue weighted by Crippen LogP contribution is -2.08. The summed E-state index contributed by atoms with van der Waals surface area (Å²) in [5.74, 6) is 0.831. The Balaban J connectivity index is 2.17. The van der Waals surface area contributed by atoms with E-state index in [9.17, 15) is 0 Å². The molecule has 0 aliphatic heterocycles. The van der Waals surface area contributed by atoms with Crippen LogP contribution in [0.25, 0.3) is 17.0 Å². The molecule has 24 heavy (non-hydrogen) atoms. The van der Waals surface area contributed by atoms with Crippen LogP contribution >= 0.6 is 15.9 Å². The van der Waals surface area contributed by atoms with Crippen LogP contribution in [0.15, 0.2) is 29.0 Å². The number of pyridine rings is 1. The average molecular weight is 390 g/mol. The van der Waals surface area contributed by atoms with Crippen LogP contribution in [-0.4, -0.2) is 40.3 Å². The molecule has 122 valence electrons. The van der Waals surface area contributed by atoms with Crippen molar-refractivity contribution in [1.82, 2.24) is 19.5 Å². The van der Waals surface area contributed by atoms with Gasteiger partial charge in [-0.25, -0.2) is 4.98 Å². The Morgan fingerprint density at radius 2 is 1.83 bits per heavy atom. The molecule has 0 saturated carbocycles. The number of hydrogen-bond donors (Lipinski definition) is 0. The molecule has 0 aromatic carbocycles. The molecule has 0 atom stereocenters. The second-order valence-electron chi connectivity index (χ2n) is 4.55. The summed E-state index contributed by atoms with van der Waals surface area (Å²) in [5.41, 5.74) is 0.680. The van der Waals surface area contributed by atoms with E-state index in [0.29, 0.717) is 16.2 Å². The first-order valence-electron chi connectivity index (χ1n) is 6.81. The van der Waals surface area contributed by atoms with Gasteiger partial charge in [0.05, 0.1) is 14.2 Å². The van der Waals surface area contributed by atoms with Gasteiger partial charge in [0.1, 0.15) is 16.3 Å². The number of rotatable bonds is 5. The van der Waals surface area contributed by atoms with E-state index in [1.165, 1.54) is 14.2 Å². The Bertz CT molecular complexity index is 909. The largest absolute Gasteiger partial charge is 0.478 e. The summed E-state index contributed by atoms with van der Waals surface area (Å²) in [5, 5.41) is 9.62. The van der Waals surface area contributed by atoms with E-state index >= 15 is 0 Å². The molecule has 0 aliphatic rings. The van der Waals surface area contributed by atoms with Gasteiger partial charge in [0, 0.05) is 11.6 Å². The first-order valence-corrected chi connectivity index (χ1v) is 7.61. The standard InChI is InChI=1S/C15H12BrN5O3/c1-22-13-11(24-8-6-17)14(23-2)20-15(19-13)21-7-5-9-3-4-10(16)18-12(9)21/h3-5,7H,8H2,1-2H3. The van der Waals surface area contributed by atoms with Gasteiger partial charge in [0.2, 0.25) is 11.7 Å². The lowest BCUT2D eigenvalue weighted by atomic mass is 10.3. The minimum Gasteiger partial charge on any atom is -0.478 e. The number of aromatic nitrogens is 4. The number of fused-ring (bicyclic) bond motifs is 1. The first kappa shape index (κ1) is 16.0. The summed E-state index contributed by atoms with van der Waals surface area (Å²) in [6.07, 6.45) is 1.80. The van der Waals surface area contributed by atoms with Gasteiger partial charge in [0.15, 0.2) is 6.61 Å². The summed E-state index contributed by atoms with van der Waals surface area (Å²) >= 11 is 3.35. The lowest BCUT2D eigenvalue weighted by molar-refractivity contribution is 0.288. The minimum atomic E-state index is -0.170. The summed E-state index contributed by atoms with van der Waals surface area (Å²) in [7, 11) is 2.90. The molecule has 8 nitrogen and oxygen atoms in total. The molecule has 0 bridgehead atoms. The van der Waals surface area contributed by atoms with Crippen LogP contribution in [0, 0.1) is 11.3 Å². The highest BCUT2D eigenvalue weighted by Gasteiger charge is 2.19. The van der Waals surface area contributed by atoms with Crippen molar-refractivity contribution in [1.29, 1.82) is 5.26 Å². The van der Waals surface area contributed by atoms with Gasteiger partial charge in [-0.1, -0.05) is 0 Å². The van der Waals surface area contributed by atoms with E-state index in [4.69, 9.17) is 19.5 Å². The molecule has 3 aromatic heterocycles. The summed E-state index contributed by atoms with van der Waals surface area (Å²) < 4.78 is 18.2. The quantitative estimate of drug-likeness (QED) is 0.618. The van der Waals surface area contributed by atoms with Crippen LogP contribution in [0.3, 0.4) is 0 Å². The van der Waals surface area contributed by atoms with Crippen LogP contribution in [0.5, 0.6) is 17.5 Å². The second-order valence-corrected chi connectivity index (χ2v) is 5.36. The van der Waals surface area contributed by atoms with Crippen LogP contribution in [-0.2, 0) is 0 Å². The molecule has 0 fully saturated rings. The highest BCUT2D eigenvalue weighted by Crippen LogP contribution is 2.35. The molecular formula is C15H12BrN5O3. The molecule has 0 saturated heterocycles. The first-order chi connectivity index (χ1) is 11.7. The predicted octanol–water partition coefficient (Wildman–Crippen LogP) is 2.50. The fourth-order valence-corrected chi connectivity index (χ4v) is 2.46. The molecule has 3 heterocycles. The smallest absolute Gasteiger partial charge is 0.266 e. The maximum Gasteiger partial charge on any atom is 0.266 e. The Hall–Kier alpha value is -2.86. The van der Waals surface area contributed by atoms with Crippen molar-refractivity contribution in [3.63, 3.8) is 0 Å². The van der Waals surface area contributed by atoms with Gasteiger partial charge in [-0.15, -0.1) is 0 Å². The number of nitriles is 1. The minimum absolute atomic E-state index is 0.170. The molecule has 0 spiro atoms. The van der Waals surface area contributed by atoms with Gasteiger partial charge >= 0.3 is 0 Å². The fourth-order valence-electron chi connectivity index (χ4n) is 2.16. The third kappa shape index (κ3) is 2.83. The number of halogens is 1. The van der Waals surface area contributed by atoms with Crippen molar-refractivity contribution in [2.45, 2.75) is 0 Å². The topological polar surface area (TPSA) is 95.1 Å². The van der Waals surface area contributed by atoms with E-state index < -0.39 is 0 Å². The van der Waals surface area contributed by atoms with Crippen molar-refractivity contribution >= 4 is 27.0 Å². The zero-order chi connectivity index (χ0) is 17.1. The zero-order valence-electron chi connectivity index (χ0n) is 12.9. The molecule has 0 amide bonds. The predicted molar refractivity (Wildman–Crippen MR) is 88.6 cm³/mol. The number of hydrogen-bond acceptors (Lipinski definition) is 7. The van der Waals surface area contributed by atoms with Gasteiger partial charge in [0.25, 0.3) is 11.8 Å². The summed E-state index contributed by atoms with van der Waals surface area (Å²) in [4.78, 5) is 13.1. The molecule has 0 aliphatic carbocycles. The Kier molecular flexibility index (Phi) is 4.48. The van der Waals surface area contributed by atoms with Crippen molar-refractivity contribution in [3.05, 3.63) is 29.0 Å². The van der Waals surface area contributed by atoms with Gasteiger partial charge in [-0.3, -0.25) is 4.57 Å². The van der Waals surface area contributed by atoms with Crippen LogP contribution in [0.2, 0.25) is 0 Å². The highest BCUT2D eigenvalue weighted by atomic mass is 79.9. The normalized spacial score (nSPS) is 10.4. The summed E-state index contributed by atoms with van der Waals surface area (Å²) in [6, 6.07) is 7.57. The third-order valence-electron chi connectivity index (χ3n) is 3.18. The van der Waals surface area contributed by atoms with Crippen molar-refractivity contribution < 1.29 is 14.2 Å². The SMILES string of the molecule is COc1nc(-n2ccc3ccc(Br)nc32)nc(OC)c1OCC#N. The van der Waals surface area contributed by atoms with Crippen molar-refractivity contribution in [2.24, 2.45) is 0 Å². The Morgan fingerprint density at radius 3 is 2.46 bits per heavy atom. The van der Waals surface area contributed by atoms with Crippen molar-refractivity contribution in [2.75, 3.05) is 20.8 Å². The maximum atomic E-state index is 8.69. The van der Waals surface area contributed by atoms with Gasteiger partial charge in [-0.2, -0.15) is 15.2 Å². The van der Waals surface area contributed by atoms with Gasteiger partial charge in [-0.05, 0) is 34.1 Å². The van der Waals surface area contributed by atoms with Crippen molar-refractivity contribution in [3.8, 4) is 29.5 Å². The molecular weight excluding hydrogens is 378 g/mol. The Labute approximate surface area is 145 Å². The number of ether oxygens (including phenoxy) is 3. The van der Waals surface area contributed by atoms with E-state index in [2.05, 4.69) is 30.9 Å². The van der Waals surface area contributed by atoms with E-state index in [1.807, 2.05) is 24.3 Å². The van der Waals surface area contributed by atoms with E-state index in [1.54, 1.807) is 10.8 Å². The lowest BCUT2D eigenvalue weighted by Gasteiger charge is -2.13. The maximum absolute atomic E-state index is 8.69. The molecule has 0 radical (unpaired) electrons. The molecule has 3 aromatic rings. The molecule has 0 N–H and O–H groups in total. The molecule has 9 heteroatoms. The third-order valence-corrected chi connectivity index (χ3v) is 3.62. The number of nitrogens with zero attached hydrogens (tertiary/aromatic N) is 5. The zero-order valence-corrected chi connectivity index (χ0v) is 14.4. The van der Waals surface area contributed by atoms with Crippen LogP contribution in [0.4, 0.5) is 0 Å². The van der Waals surface area contributed by atoms with Crippen LogP contribution < -0.4 is 14.2 Å². The fraction of sp³-hybridized carbons (Fsp3) is 0.200. The van der Waals surface area contributed by atoms with E-state index in [0.717, 1.165) is 5.39 Å². The summed E-state index contributed by atoms with van der Waals surface area (Å²) in [6.45, 7) is -0.170. The van der Waals surface area contributed by atoms with Crippen LogP contribution in [0.1, 0.15) is 0 Å². The average Bonchev–Trinajstić information content (AvgIpc) is 3.02. The monoisotopic (exact) mass is 389 g/mol. The molecule has 0 unspecified atom stereocenters. The van der Waals surface area contributed by atoms with Gasteiger partial charge < -0.3 is 14.2 Å². The Morgan fingerprint density at radius 1 is 1.12 bits per heavy atom. The second kappa shape index (κ2) is 6.72. The molecule has 3 rings (SSSR count). The number of methoxy groups -OCH3 is 2. The van der Waals surface area contributed by atoms with E-state index in [-0.39, 0.29) is 24.1 Å².